The number of imide groups is 1. The van der Waals surface area contributed by atoms with Crippen molar-refractivity contribution in [3.05, 3.63) is 88.0 Å². The van der Waals surface area contributed by atoms with Gasteiger partial charge in [0.1, 0.15) is 11.5 Å². The molecule has 0 aliphatic carbocycles. The van der Waals surface area contributed by atoms with E-state index in [9.17, 15) is 14.0 Å². The fraction of sp³-hybridized carbons (Fsp3) is 0.0476. The third kappa shape index (κ3) is 3.15. The van der Waals surface area contributed by atoms with Crippen molar-refractivity contribution in [1.29, 1.82) is 0 Å². The maximum atomic E-state index is 13.5. The molecule has 0 bridgehead atoms. The number of benzene rings is 2. The Morgan fingerprint density at radius 1 is 0.963 bits per heavy atom. The molecule has 6 heteroatoms. The Morgan fingerprint density at radius 2 is 1.74 bits per heavy atom. The van der Waals surface area contributed by atoms with Gasteiger partial charge >= 0.3 is 0 Å². The van der Waals surface area contributed by atoms with Crippen LogP contribution < -0.4 is 10.2 Å². The number of halogens is 1. The Morgan fingerprint density at radius 3 is 2.41 bits per heavy atom. The lowest BCUT2D eigenvalue weighted by molar-refractivity contribution is -0.120. The minimum absolute atomic E-state index is 0.147. The molecule has 0 unspecified atom stereocenters. The third-order valence-corrected chi connectivity index (χ3v) is 5.12. The molecular formula is C21H15FN2O2S. The first-order valence-electron chi connectivity index (χ1n) is 8.31. The van der Waals surface area contributed by atoms with Crippen molar-refractivity contribution in [3.63, 3.8) is 0 Å². The zero-order valence-corrected chi connectivity index (χ0v) is 15.2. The maximum absolute atomic E-state index is 13.5. The highest BCUT2D eigenvalue weighted by Crippen LogP contribution is 2.35. The van der Waals surface area contributed by atoms with Crippen LogP contribution in [0.25, 0.3) is 5.57 Å². The Bertz CT molecular complexity index is 1060. The van der Waals surface area contributed by atoms with Crippen LogP contribution in [0, 0.1) is 12.7 Å². The molecule has 1 aliphatic heterocycles. The van der Waals surface area contributed by atoms with Gasteiger partial charge in [0.15, 0.2) is 0 Å². The number of aryl methyl sites for hydroxylation is 1. The van der Waals surface area contributed by atoms with E-state index < -0.39 is 17.6 Å². The van der Waals surface area contributed by atoms with Crippen LogP contribution in [0.3, 0.4) is 0 Å². The predicted molar refractivity (Wildman–Crippen MR) is 105 cm³/mol. The minimum atomic E-state index is -0.462. The number of nitrogens with zero attached hydrogens (tertiary/aromatic N) is 1. The number of carbonyl (C=O) groups is 2. The zero-order valence-electron chi connectivity index (χ0n) is 14.4. The van der Waals surface area contributed by atoms with Crippen molar-refractivity contribution in [2.75, 3.05) is 10.2 Å². The number of hydrogen-bond donors (Lipinski definition) is 1. The molecule has 27 heavy (non-hydrogen) atoms. The first-order valence-corrected chi connectivity index (χ1v) is 9.19. The van der Waals surface area contributed by atoms with Crippen LogP contribution in [0.5, 0.6) is 0 Å². The number of anilines is 2. The van der Waals surface area contributed by atoms with Crippen molar-refractivity contribution in [1.82, 2.24) is 0 Å². The lowest BCUT2D eigenvalue weighted by Gasteiger charge is -2.15. The Balaban J connectivity index is 1.79. The molecule has 0 fully saturated rings. The summed E-state index contributed by atoms with van der Waals surface area (Å²) in [6.07, 6.45) is 0. The lowest BCUT2D eigenvalue weighted by atomic mass is 10.2. The largest absolute Gasteiger partial charge is 0.350 e. The van der Waals surface area contributed by atoms with Crippen LogP contribution in [-0.4, -0.2) is 11.8 Å². The van der Waals surface area contributed by atoms with Crippen LogP contribution in [0.15, 0.2) is 71.7 Å². The summed E-state index contributed by atoms with van der Waals surface area (Å²) in [4.78, 5) is 28.0. The molecule has 3 aromatic rings. The molecule has 1 aliphatic rings. The maximum Gasteiger partial charge on any atom is 0.282 e. The summed E-state index contributed by atoms with van der Waals surface area (Å²) < 4.78 is 13.5. The van der Waals surface area contributed by atoms with Crippen molar-refractivity contribution in [3.8, 4) is 0 Å². The summed E-state index contributed by atoms with van der Waals surface area (Å²) in [5.41, 5.74) is 2.38. The molecular weight excluding hydrogens is 363 g/mol. The summed E-state index contributed by atoms with van der Waals surface area (Å²) in [6, 6.07) is 16.6. The summed E-state index contributed by atoms with van der Waals surface area (Å²) in [5.74, 6) is -1.29. The van der Waals surface area contributed by atoms with E-state index in [2.05, 4.69) is 5.32 Å². The van der Waals surface area contributed by atoms with E-state index in [-0.39, 0.29) is 5.70 Å². The molecule has 134 valence electrons. The van der Waals surface area contributed by atoms with E-state index in [1.165, 1.54) is 23.5 Å². The number of carbonyl (C=O) groups excluding carboxylic acids is 2. The van der Waals surface area contributed by atoms with Gasteiger partial charge in [-0.2, -0.15) is 0 Å². The summed E-state index contributed by atoms with van der Waals surface area (Å²) >= 11 is 1.37. The zero-order chi connectivity index (χ0) is 19.0. The number of rotatable bonds is 4. The summed E-state index contributed by atoms with van der Waals surface area (Å²) in [6.45, 7) is 1.93. The first kappa shape index (κ1) is 17.2. The van der Waals surface area contributed by atoms with Crippen LogP contribution in [0.4, 0.5) is 15.8 Å². The van der Waals surface area contributed by atoms with Crippen molar-refractivity contribution < 1.29 is 14.0 Å². The monoisotopic (exact) mass is 378 g/mol. The van der Waals surface area contributed by atoms with E-state index in [0.717, 1.165) is 10.5 Å². The van der Waals surface area contributed by atoms with Gasteiger partial charge in [0.05, 0.1) is 11.3 Å². The molecule has 1 aromatic heterocycles. The molecule has 0 saturated carbocycles. The van der Waals surface area contributed by atoms with Gasteiger partial charge in [-0.1, -0.05) is 29.8 Å². The van der Waals surface area contributed by atoms with Gasteiger partial charge in [-0.05, 0) is 48.7 Å². The average molecular weight is 378 g/mol. The van der Waals surface area contributed by atoms with Crippen LogP contribution in [-0.2, 0) is 9.59 Å². The van der Waals surface area contributed by atoms with Gasteiger partial charge in [-0.3, -0.25) is 9.59 Å². The van der Waals surface area contributed by atoms with Crippen molar-refractivity contribution >= 4 is 40.1 Å². The van der Waals surface area contributed by atoms with Gasteiger partial charge in [-0.25, -0.2) is 9.29 Å². The van der Waals surface area contributed by atoms with Gasteiger partial charge < -0.3 is 5.32 Å². The molecule has 2 amide bonds. The highest BCUT2D eigenvalue weighted by Gasteiger charge is 2.40. The fourth-order valence-electron chi connectivity index (χ4n) is 2.93. The lowest BCUT2D eigenvalue weighted by Crippen LogP contribution is -2.32. The second-order valence-corrected chi connectivity index (χ2v) is 7.09. The summed E-state index contributed by atoms with van der Waals surface area (Å²) in [7, 11) is 0. The first-order chi connectivity index (χ1) is 13.0. The standard InChI is InChI=1S/C21H15FN2O2S/c1-13-7-9-16(10-8-13)24-20(25)18(17-6-3-11-27-17)19(21(24)26)23-15-5-2-4-14(22)12-15/h2-12,23H,1H3. The second-order valence-electron chi connectivity index (χ2n) is 6.14. The topological polar surface area (TPSA) is 49.4 Å². The summed E-state index contributed by atoms with van der Waals surface area (Å²) in [5, 5.41) is 4.79. The third-order valence-electron chi connectivity index (χ3n) is 4.24. The fourth-order valence-corrected chi connectivity index (χ4v) is 3.70. The molecule has 1 N–H and O–H groups in total. The molecule has 2 heterocycles. The Labute approximate surface area is 159 Å². The molecule has 0 spiro atoms. The van der Waals surface area contributed by atoms with Crippen LogP contribution in [0.1, 0.15) is 10.4 Å². The average Bonchev–Trinajstić information content (AvgIpc) is 3.24. The molecule has 0 atom stereocenters. The predicted octanol–water partition coefficient (Wildman–Crippen LogP) is 4.59. The molecule has 2 aromatic carbocycles. The number of thiophene rings is 1. The van der Waals surface area contributed by atoms with E-state index in [1.807, 2.05) is 30.5 Å². The molecule has 4 rings (SSSR count). The van der Waals surface area contributed by atoms with Crippen molar-refractivity contribution in [2.24, 2.45) is 0 Å². The number of hydrogen-bond acceptors (Lipinski definition) is 4. The van der Waals surface area contributed by atoms with E-state index >= 15 is 0 Å². The smallest absolute Gasteiger partial charge is 0.282 e. The van der Waals surface area contributed by atoms with Gasteiger partial charge in [0.2, 0.25) is 0 Å². The Hall–Kier alpha value is -3.25. The number of amides is 2. The van der Waals surface area contributed by atoms with Crippen LogP contribution in [0.2, 0.25) is 0 Å². The number of nitrogens with one attached hydrogen (secondary N) is 1. The van der Waals surface area contributed by atoms with Crippen LogP contribution >= 0.6 is 11.3 Å². The Kier molecular flexibility index (Phi) is 4.33. The normalized spacial score (nSPS) is 14.2. The van der Waals surface area contributed by atoms with E-state index in [4.69, 9.17) is 0 Å². The second kappa shape index (κ2) is 6.81. The van der Waals surface area contributed by atoms with Gasteiger partial charge in [0, 0.05) is 10.6 Å². The minimum Gasteiger partial charge on any atom is -0.350 e. The van der Waals surface area contributed by atoms with E-state index in [0.29, 0.717) is 21.8 Å². The quantitative estimate of drug-likeness (QED) is 0.676. The SMILES string of the molecule is Cc1ccc(N2C(=O)C(Nc3cccc(F)c3)=C(c3cccs3)C2=O)cc1. The van der Waals surface area contributed by atoms with Gasteiger partial charge in [-0.15, -0.1) is 11.3 Å². The molecule has 4 nitrogen and oxygen atoms in total. The van der Waals surface area contributed by atoms with Crippen molar-refractivity contribution in [2.45, 2.75) is 6.92 Å². The molecule has 0 radical (unpaired) electrons. The molecule has 0 saturated heterocycles. The highest BCUT2D eigenvalue weighted by molar-refractivity contribution is 7.11. The van der Waals surface area contributed by atoms with Gasteiger partial charge in [0.25, 0.3) is 11.8 Å². The highest BCUT2D eigenvalue weighted by atomic mass is 32.1. The van der Waals surface area contributed by atoms with E-state index in [1.54, 1.807) is 30.3 Å².